The second-order valence-electron chi connectivity index (χ2n) is 8.45. The summed E-state index contributed by atoms with van der Waals surface area (Å²) < 4.78 is 5.19. The van der Waals surface area contributed by atoms with Gasteiger partial charge in [0.05, 0.1) is 13.2 Å². The van der Waals surface area contributed by atoms with Crippen molar-refractivity contribution in [1.29, 1.82) is 0 Å². The molecule has 2 aromatic carbocycles. The summed E-state index contributed by atoms with van der Waals surface area (Å²) in [6, 6.07) is 11.7. The zero-order valence-electron chi connectivity index (χ0n) is 18.8. The van der Waals surface area contributed by atoms with Gasteiger partial charge in [-0.25, -0.2) is 4.79 Å². The zero-order chi connectivity index (χ0) is 23.5. The minimum Gasteiger partial charge on any atom is -0.497 e. The monoisotopic (exact) mass is 449 g/mol. The molecule has 8 nitrogen and oxygen atoms in total. The zero-order valence-corrected chi connectivity index (χ0v) is 18.8. The van der Waals surface area contributed by atoms with Crippen LogP contribution in [0.25, 0.3) is 0 Å². The maximum atomic E-state index is 13.1. The number of amides is 3. The number of anilines is 1. The molecule has 1 unspecified atom stereocenters. The number of benzene rings is 2. The molecule has 1 N–H and O–H groups in total. The lowest BCUT2D eigenvalue weighted by Crippen LogP contribution is -2.40. The Labute approximate surface area is 192 Å². The number of hydrogen-bond donors (Lipinski definition) is 1. The lowest BCUT2D eigenvalue weighted by molar-refractivity contribution is -0.124. The van der Waals surface area contributed by atoms with E-state index < -0.39 is 6.04 Å². The number of urea groups is 1. The minimum atomic E-state index is -0.571. The van der Waals surface area contributed by atoms with Crippen LogP contribution in [0.1, 0.15) is 47.2 Å². The molecule has 0 bridgehead atoms. The average Bonchev–Trinajstić information content (AvgIpc) is 3.05. The number of fused-ring (bicyclic) bond motifs is 1. The summed E-state index contributed by atoms with van der Waals surface area (Å²) in [5.74, 6) is 0.463. The summed E-state index contributed by atoms with van der Waals surface area (Å²) in [5.41, 5.74) is 2.85. The Hall–Kier alpha value is -3.68. The van der Waals surface area contributed by atoms with Crippen LogP contribution < -0.4 is 10.1 Å². The van der Waals surface area contributed by atoms with Crippen LogP contribution in [0.5, 0.6) is 5.75 Å². The van der Waals surface area contributed by atoms with Gasteiger partial charge in [0.25, 0.3) is 5.91 Å². The molecule has 172 valence electrons. The normalized spacial score (nSPS) is 18.1. The third kappa shape index (κ3) is 4.74. The number of nitrogens with one attached hydrogen (secondary N) is 1. The van der Waals surface area contributed by atoms with E-state index in [1.165, 1.54) is 4.90 Å². The van der Waals surface area contributed by atoms with Gasteiger partial charge in [-0.3, -0.25) is 14.4 Å². The number of nitrogens with zero attached hydrogens (tertiary/aromatic N) is 2. The minimum absolute atomic E-state index is 0.0571. The highest BCUT2D eigenvalue weighted by Gasteiger charge is 2.38. The van der Waals surface area contributed by atoms with E-state index in [0.29, 0.717) is 42.9 Å². The standard InChI is InChI=1S/C25H27N3O5/c1-27(25(32)26-17-6-4-7-19(13-17)33-2)14-16-5-3-8-20-21(16)15-28(24(20)31)22-11-9-18(29)10-12-23(22)30/h3-8,13,22H,9-12,14-15H2,1-2H3,(H,26,32). The molecule has 0 radical (unpaired) electrons. The highest BCUT2D eigenvalue weighted by atomic mass is 16.5. The van der Waals surface area contributed by atoms with Gasteiger partial charge in [-0.2, -0.15) is 0 Å². The first-order chi connectivity index (χ1) is 15.9. The molecule has 8 heteroatoms. The highest BCUT2D eigenvalue weighted by Crippen LogP contribution is 2.31. The van der Waals surface area contributed by atoms with Crippen molar-refractivity contribution in [2.45, 2.75) is 44.8 Å². The van der Waals surface area contributed by atoms with Gasteiger partial charge in [-0.1, -0.05) is 18.2 Å². The van der Waals surface area contributed by atoms with Crippen molar-refractivity contribution < 1.29 is 23.9 Å². The first-order valence-electron chi connectivity index (χ1n) is 11.0. The summed E-state index contributed by atoms with van der Waals surface area (Å²) >= 11 is 0. The summed E-state index contributed by atoms with van der Waals surface area (Å²) in [7, 11) is 3.25. The number of ketones is 2. The van der Waals surface area contributed by atoms with E-state index in [1.54, 1.807) is 55.5 Å². The quantitative estimate of drug-likeness (QED) is 0.706. The van der Waals surface area contributed by atoms with Crippen LogP contribution in [0, 0.1) is 0 Å². The molecule has 0 aromatic heterocycles. The molecule has 2 aliphatic rings. The molecule has 4 rings (SSSR count). The SMILES string of the molecule is COc1cccc(NC(=O)N(C)Cc2cccc3c2CN(C2CCC(=O)CCC2=O)C3=O)c1. The molecule has 1 atom stereocenters. The summed E-state index contributed by atoms with van der Waals surface area (Å²) in [6.07, 6.45) is 1.12. The van der Waals surface area contributed by atoms with Gasteiger partial charge in [0.15, 0.2) is 5.78 Å². The molecule has 33 heavy (non-hydrogen) atoms. The van der Waals surface area contributed by atoms with Crippen LogP contribution in [0.2, 0.25) is 0 Å². The number of Topliss-reactive ketones (excluding diaryl/α,β-unsaturated/α-hetero) is 2. The molecule has 2 aromatic rings. The molecular formula is C25H27N3O5. The Bertz CT molecular complexity index is 1110. The molecule has 1 aliphatic heterocycles. The number of carbonyl (C=O) groups excluding carboxylic acids is 4. The topological polar surface area (TPSA) is 96.0 Å². The van der Waals surface area contributed by atoms with E-state index in [9.17, 15) is 19.2 Å². The number of methoxy groups -OCH3 is 1. The van der Waals surface area contributed by atoms with Crippen molar-refractivity contribution >= 4 is 29.2 Å². The van der Waals surface area contributed by atoms with Gasteiger partial charge in [-0.15, -0.1) is 0 Å². The highest BCUT2D eigenvalue weighted by molar-refractivity contribution is 6.02. The molecular weight excluding hydrogens is 422 g/mol. The summed E-state index contributed by atoms with van der Waals surface area (Å²) in [5, 5.41) is 2.84. The Morgan fingerprint density at radius 2 is 1.91 bits per heavy atom. The predicted molar refractivity (Wildman–Crippen MR) is 122 cm³/mol. The first-order valence-corrected chi connectivity index (χ1v) is 11.0. The Kier molecular flexibility index (Phi) is 6.44. The maximum Gasteiger partial charge on any atom is 0.321 e. The first kappa shape index (κ1) is 22.5. The van der Waals surface area contributed by atoms with Crippen molar-refractivity contribution in [3.63, 3.8) is 0 Å². The molecule has 1 saturated carbocycles. The van der Waals surface area contributed by atoms with E-state index in [2.05, 4.69) is 5.32 Å². The van der Waals surface area contributed by atoms with Crippen molar-refractivity contribution in [2.24, 2.45) is 0 Å². The van der Waals surface area contributed by atoms with Gasteiger partial charge in [0.1, 0.15) is 11.5 Å². The van der Waals surface area contributed by atoms with Gasteiger partial charge in [0.2, 0.25) is 0 Å². The fourth-order valence-electron chi connectivity index (χ4n) is 4.41. The fraction of sp³-hybridized carbons (Fsp3) is 0.360. The average molecular weight is 450 g/mol. The lowest BCUT2D eigenvalue weighted by Gasteiger charge is -2.25. The van der Waals surface area contributed by atoms with Crippen LogP contribution in [0.3, 0.4) is 0 Å². The van der Waals surface area contributed by atoms with Gasteiger partial charge in [-0.05, 0) is 35.7 Å². The lowest BCUT2D eigenvalue weighted by atomic mass is 10.0. The maximum absolute atomic E-state index is 13.1. The number of carbonyl (C=O) groups is 4. The third-order valence-corrected chi connectivity index (χ3v) is 6.26. The summed E-state index contributed by atoms with van der Waals surface area (Å²) in [6.45, 7) is 0.609. The van der Waals surface area contributed by atoms with Crippen LogP contribution in [0.4, 0.5) is 10.5 Å². The van der Waals surface area contributed by atoms with E-state index >= 15 is 0 Å². The van der Waals surface area contributed by atoms with E-state index in [4.69, 9.17) is 4.74 Å². The van der Waals surface area contributed by atoms with E-state index in [-0.39, 0.29) is 36.3 Å². The van der Waals surface area contributed by atoms with E-state index in [1.807, 2.05) is 6.07 Å². The Balaban J connectivity index is 1.48. The number of rotatable bonds is 5. The Morgan fingerprint density at radius 3 is 2.70 bits per heavy atom. The van der Waals surface area contributed by atoms with Gasteiger partial charge < -0.3 is 19.9 Å². The largest absolute Gasteiger partial charge is 0.497 e. The second-order valence-corrected chi connectivity index (χ2v) is 8.45. The Morgan fingerprint density at radius 1 is 1.12 bits per heavy atom. The van der Waals surface area contributed by atoms with Crippen molar-refractivity contribution in [3.05, 3.63) is 59.2 Å². The molecule has 3 amide bonds. The van der Waals surface area contributed by atoms with Crippen LogP contribution in [-0.4, -0.2) is 53.5 Å². The smallest absolute Gasteiger partial charge is 0.321 e. The number of hydrogen-bond acceptors (Lipinski definition) is 5. The van der Waals surface area contributed by atoms with Crippen LogP contribution >= 0.6 is 0 Å². The van der Waals surface area contributed by atoms with Crippen LogP contribution in [0.15, 0.2) is 42.5 Å². The van der Waals surface area contributed by atoms with E-state index in [0.717, 1.165) is 11.1 Å². The molecule has 0 saturated heterocycles. The summed E-state index contributed by atoms with van der Waals surface area (Å²) in [4.78, 5) is 53.3. The van der Waals surface area contributed by atoms with Crippen molar-refractivity contribution in [1.82, 2.24) is 9.80 Å². The third-order valence-electron chi connectivity index (χ3n) is 6.26. The van der Waals surface area contributed by atoms with Crippen molar-refractivity contribution in [2.75, 3.05) is 19.5 Å². The molecule has 1 aliphatic carbocycles. The van der Waals surface area contributed by atoms with Crippen LogP contribution in [-0.2, 0) is 22.7 Å². The van der Waals surface area contributed by atoms with Gasteiger partial charge in [0, 0.05) is 56.7 Å². The van der Waals surface area contributed by atoms with Gasteiger partial charge >= 0.3 is 6.03 Å². The second kappa shape index (κ2) is 9.44. The van der Waals surface area contributed by atoms with Crippen molar-refractivity contribution in [3.8, 4) is 5.75 Å². The number of ether oxygens (including phenoxy) is 1. The fourth-order valence-corrected chi connectivity index (χ4v) is 4.41. The predicted octanol–water partition coefficient (Wildman–Crippen LogP) is 3.40. The molecule has 1 fully saturated rings. The molecule has 0 spiro atoms. The molecule has 1 heterocycles.